The van der Waals surface area contributed by atoms with E-state index < -0.39 is 0 Å². The van der Waals surface area contributed by atoms with Gasteiger partial charge in [0.05, 0.1) is 7.18 Å². The fraction of sp³-hybridized carbons (Fsp3) is 0.455. The van der Waals surface area contributed by atoms with Crippen molar-refractivity contribution in [1.82, 2.24) is 0 Å². The predicted molar refractivity (Wildman–Crippen MR) is 58.0 cm³/mol. The number of alkyl halides is 1. The van der Waals surface area contributed by atoms with Crippen molar-refractivity contribution in [3.63, 3.8) is 0 Å². The van der Waals surface area contributed by atoms with Gasteiger partial charge in [-0.05, 0) is 43.4 Å². The molecule has 2 rings (SSSR count). The van der Waals surface area contributed by atoms with E-state index in [1.165, 1.54) is 23.3 Å². The van der Waals surface area contributed by atoms with Crippen LogP contribution in [0.15, 0.2) is 18.7 Å². The maximum absolute atomic E-state index is 9.50. The molecule has 2 heteroatoms. The molecule has 0 unspecified atom stereocenters. The van der Waals surface area contributed by atoms with E-state index >= 15 is 0 Å². The maximum Gasteiger partial charge on any atom is 0.0785 e. The molecule has 1 fully saturated rings. The molecule has 0 saturated heterocycles. The van der Waals surface area contributed by atoms with E-state index in [0.29, 0.717) is 7.18 Å². The van der Waals surface area contributed by atoms with Gasteiger partial charge >= 0.3 is 0 Å². The zero-order valence-corrected chi connectivity index (χ0v) is 8.96. The first-order valence-corrected chi connectivity index (χ1v) is 5.22. The summed E-state index contributed by atoms with van der Waals surface area (Å²) in [5.41, 5.74) is 1.20. The van der Waals surface area contributed by atoms with Crippen LogP contribution in [-0.2, 0) is 0 Å². The Kier molecular flexibility index (Phi) is 3.67. The molecule has 0 spiro atoms. The summed E-state index contributed by atoms with van der Waals surface area (Å²) in [5.74, 6) is 0.896. The minimum atomic E-state index is 0.500. The van der Waals surface area contributed by atoms with Gasteiger partial charge in [0, 0.05) is 9.75 Å². The lowest BCUT2D eigenvalue weighted by Crippen LogP contribution is -1.65. The SMILES string of the molecule is C=C(C)c1ccc(C2CC2)s1.CF. The average Bonchev–Trinajstić information content (AvgIpc) is 2.87. The van der Waals surface area contributed by atoms with Crippen LogP contribution in [0.5, 0.6) is 0 Å². The molecule has 0 bridgehead atoms. The highest BCUT2D eigenvalue weighted by Gasteiger charge is 2.24. The molecule has 1 aliphatic carbocycles. The van der Waals surface area contributed by atoms with Crippen LogP contribution in [0.4, 0.5) is 4.39 Å². The van der Waals surface area contributed by atoms with Crippen LogP contribution in [0.1, 0.15) is 35.4 Å². The Balaban J connectivity index is 0.000000396. The molecule has 13 heavy (non-hydrogen) atoms. The second kappa shape index (κ2) is 4.56. The van der Waals surface area contributed by atoms with Gasteiger partial charge in [0.1, 0.15) is 0 Å². The van der Waals surface area contributed by atoms with Gasteiger partial charge in [-0.3, -0.25) is 4.39 Å². The quantitative estimate of drug-likeness (QED) is 0.666. The van der Waals surface area contributed by atoms with E-state index in [0.717, 1.165) is 5.92 Å². The molecule has 1 aliphatic rings. The summed E-state index contributed by atoms with van der Waals surface area (Å²) in [6, 6.07) is 4.45. The van der Waals surface area contributed by atoms with Crippen molar-refractivity contribution in [2.75, 3.05) is 7.18 Å². The van der Waals surface area contributed by atoms with Gasteiger partial charge in [0.15, 0.2) is 0 Å². The van der Waals surface area contributed by atoms with Gasteiger partial charge < -0.3 is 0 Å². The van der Waals surface area contributed by atoms with E-state index in [2.05, 4.69) is 25.6 Å². The van der Waals surface area contributed by atoms with Gasteiger partial charge in [-0.2, -0.15) is 0 Å². The van der Waals surface area contributed by atoms with Crippen molar-refractivity contribution in [3.05, 3.63) is 28.5 Å². The Morgan fingerprint density at radius 3 is 2.46 bits per heavy atom. The molecule has 1 aromatic heterocycles. The van der Waals surface area contributed by atoms with E-state index in [-0.39, 0.29) is 0 Å². The second-order valence-electron chi connectivity index (χ2n) is 3.26. The molecule has 1 aromatic rings. The van der Waals surface area contributed by atoms with E-state index in [4.69, 9.17) is 0 Å². The third kappa shape index (κ3) is 2.66. The molecule has 0 radical (unpaired) electrons. The maximum atomic E-state index is 9.50. The first-order valence-electron chi connectivity index (χ1n) is 4.41. The summed E-state index contributed by atoms with van der Waals surface area (Å²) in [5, 5.41) is 0. The molecule has 72 valence electrons. The van der Waals surface area contributed by atoms with Crippen LogP contribution in [0.3, 0.4) is 0 Å². The molecule has 1 saturated carbocycles. The molecule has 0 nitrogen and oxygen atoms in total. The van der Waals surface area contributed by atoms with Crippen molar-refractivity contribution >= 4 is 16.9 Å². The van der Waals surface area contributed by atoms with Crippen molar-refractivity contribution < 1.29 is 4.39 Å². The van der Waals surface area contributed by atoms with Crippen molar-refractivity contribution in [1.29, 1.82) is 0 Å². The number of allylic oxidation sites excluding steroid dienone is 1. The van der Waals surface area contributed by atoms with Crippen molar-refractivity contribution in [2.24, 2.45) is 0 Å². The summed E-state index contributed by atoms with van der Waals surface area (Å²) >= 11 is 1.91. The first-order chi connectivity index (χ1) is 6.27. The third-order valence-electron chi connectivity index (χ3n) is 2.03. The largest absolute Gasteiger partial charge is 0.255 e. The summed E-state index contributed by atoms with van der Waals surface area (Å²) in [7, 11) is 0.500. The lowest BCUT2D eigenvalue weighted by molar-refractivity contribution is 0.636. The van der Waals surface area contributed by atoms with Crippen LogP contribution in [0.2, 0.25) is 0 Å². The number of hydrogen-bond donors (Lipinski definition) is 0. The highest BCUT2D eigenvalue weighted by molar-refractivity contribution is 7.13. The summed E-state index contributed by atoms with van der Waals surface area (Å²) in [4.78, 5) is 2.91. The van der Waals surface area contributed by atoms with Crippen LogP contribution >= 0.6 is 11.3 Å². The van der Waals surface area contributed by atoms with Crippen molar-refractivity contribution in [2.45, 2.75) is 25.7 Å². The van der Waals surface area contributed by atoms with Crippen LogP contribution in [0.25, 0.3) is 5.57 Å². The van der Waals surface area contributed by atoms with E-state index in [9.17, 15) is 4.39 Å². The highest BCUT2D eigenvalue weighted by atomic mass is 32.1. The third-order valence-corrected chi connectivity index (χ3v) is 3.44. The molecule has 1 heterocycles. The average molecular weight is 198 g/mol. The van der Waals surface area contributed by atoms with Gasteiger partial charge in [0.25, 0.3) is 0 Å². The second-order valence-corrected chi connectivity index (χ2v) is 4.37. The Morgan fingerprint density at radius 2 is 2.08 bits per heavy atom. The smallest absolute Gasteiger partial charge is 0.0785 e. The Labute approximate surface area is 83.1 Å². The normalized spacial score (nSPS) is 14.7. The predicted octanol–water partition coefficient (Wildman–Crippen LogP) is 4.24. The Bertz CT molecular complexity index is 284. The Morgan fingerprint density at radius 1 is 1.46 bits per heavy atom. The highest BCUT2D eigenvalue weighted by Crippen LogP contribution is 2.43. The number of hydrogen-bond acceptors (Lipinski definition) is 1. The van der Waals surface area contributed by atoms with Crippen molar-refractivity contribution in [3.8, 4) is 0 Å². The van der Waals surface area contributed by atoms with Gasteiger partial charge in [-0.25, -0.2) is 0 Å². The van der Waals surface area contributed by atoms with Gasteiger partial charge in [-0.1, -0.05) is 6.58 Å². The fourth-order valence-electron chi connectivity index (χ4n) is 1.17. The molecular weight excluding hydrogens is 183 g/mol. The standard InChI is InChI=1S/C10H12S.CH3F/c1-7(2)9-5-6-10(11-9)8-3-4-8;1-2/h5-6,8H,1,3-4H2,2H3;1H3. The fourth-order valence-corrected chi connectivity index (χ4v) is 2.27. The molecule has 0 aromatic carbocycles. The molecule has 0 N–H and O–H groups in total. The van der Waals surface area contributed by atoms with Gasteiger partial charge in [0.2, 0.25) is 0 Å². The van der Waals surface area contributed by atoms with E-state index in [1.54, 1.807) is 4.88 Å². The molecular formula is C11H15FS. The lowest BCUT2D eigenvalue weighted by atomic mass is 10.3. The summed E-state index contributed by atoms with van der Waals surface area (Å²) in [6.07, 6.45) is 2.80. The van der Waals surface area contributed by atoms with Crippen LogP contribution < -0.4 is 0 Å². The summed E-state index contributed by atoms with van der Waals surface area (Å²) in [6.45, 7) is 6.00. The van der Waals surface area contributed by atoms with Gasteiger partial charge in [-0.15, -0.1) is 11.3 Å². The molecule has 0 amide bonds. The summed E-state index contributed by atoms with van der Waals surface area (Å²) < 4.78 is 9.50. The van der Waals surface area contributed by atoms with Crippen LogP contribution in [-0.4, -0.2) is 7.18 Å². The lowest BCUT2D eigenvalue weighted by Gasteiger charge is -1.90. The minimum Gasteiger partial charge on any atom is -0.255 e. The molecule has 0 atom stereocenters. The monoisotopic (exact) mass is 198 g/mol. The zero-order valence-electron chi connectivity index (χ0n) is 8.14. The number of thiophene rings is 1. The van der Waals surface area contributed by atoms with Crippen LogP contribution in [0, 0.1) is 0 Å². The molecule has 0 aliphatic heterocycles. The Hall–Kier alpha value is -0.630. The first kappa shape index (κ1) is 10.5. The zero-order chi connectivity index (χ0) is 9.84. The number of halogens is 1. The topological polar surface area (TPSA) is 0 Å². The minimum absolute atomic E-state index is 0.500. The number of rotatable bonds is 2. The van der Waals surface area contributed by atoms with E-state index in [1.807, 2.05) is 11.3 Å².